The second-order valence-electron chi connectivity index (χ2n) is 3.47. The lowest BCUT2D eigenvalue weighted by atomic mass is 9.93. The SMILES string of the molecule is CC.N#CC(C#N)c1c(F)c(F)c(C(C#N)C#N)c(F)c1F. The Balaban J connectivity index is 0.00000211. The van der Waals surface area contributed by atoms with Gasteiger partial charge >= 0.3 is 0 Å². The Labute approximate surface area is 124 Å². The van der Waals surface area contributed by atoms with Crippen molar-refractivity contribution in [2.45, 2.75) is 25.7 Å². The van der Waals surface area contributed by atoms with Crippen LogP contribution in [0.4, 0.5) is 17.6 Å². The summed E-state index contributed by atoms with van der Waals surface area (Å²) in [5.74, 6) is -12.0. The van der Waals surface area contributed by atoms with Crippen LogP contribution >= 0.6 is 0 Å². The molecule has 0 aliphatic rings. The van der Waals surface area contributed by atoms with Gasteiger partial charge in [-0.05, 0) is 0 Å². The highest BCUT2D eigenvalue weighted by molar-refractivity contribution is 5.42. The molecule has 0 N–H and O–H groups in total. The first-order valence-electron chi connectivity index (χ1n) is 5.88. The summed E-state index contributed by atoms with van der Waals surface area (Å²) < 4.78 is 54.6. The molecular weight excluding hydrogens is 300 g/mol. The lowest BCUT2D eigenvalue weighted by Crippen LogP contribution is -2.13. The zero-order valence-electron chi connectivity index (χ0n) is 11.5. The van der Waals surface area contributed by atoms with E-state index >= 15 is 0 Å². The Morgan fingerprint density at radius 1 is 0.591 bits per heavy atom. The van der Waals surface area contributed by atoms with E-state index in [2.05, 4.69) is 0 Å². The molecule has 0 bridgehead atoms. The van der Waals surface area contributed by atoms with Crippen LogP contribution in [0.15, 0.2) is 0 Å². The molecule has 0 unspecified atom stereocenters. The van der Waals surface area contributed by atoms with Crippen molar-refractivity contribution in [3.05, 3.63) is 34.4 Å². The smallest absolute Gasteiger partial charge is 0.167 e. The summed E-state index contributed by atoms with van der Waals surface area (Å²) in [5, 5.41) is 34.1. The van der Waals surface area contributed by atoms with E-state index < -0.39 is 46.2 Å². The molecule has 1 rings (SSSR count). The minimum Gasteiger partial charge on any atom is -0.203 e. The number of halogens is 4. The number of benzene rings is 1. The topological polar surface area (TPSA) is 95.2 Å². The minimum absolute atomic E-state index is 1.18. The molecule has 0 saturated carbocycles. The Morgan fingerprint density at radius 3 is 0.909 bits per heavy atom. The average Bonchev–Trinajstić information content (AvgIpc) is 2.55. The fraction of sp³-hybridized carbons (Fsp3) is 0.286. The van der Waals surface area contributed by atoms with Gasteiger partial charge in [0.05, 0.1) is 35.4 Å². The summed E-state index contributed by atoms with van der Waals surface area (Å²) in [6.45, 7) is 4.00. The van der Waals surface area contributed by atoms with Crippen LogP contribution < -0.4 is 0 Å². The quantitative estimate of drug-likeness (QED) is 0.616. The van der Waals surface area contributed by atoms with Crippen LogP contribution in [0.1, 0.15) is 36.8 Å². The van der Waals surface area contributed by atoms with E-state index in [0.717, 1.165) is 0 Å². The highest BCUT2D eigenvalue weighted by atomic mass is 19.2. The molecule has 0 spiro atoms. The molecule has 0 aromatic heterocycles. The van der Waals surface area contributed by atoms with Crippen LogP contribution in [0.3, 0.4) is 0 Å². The molecule has 0 heterocycles. The van der Waals surface area contributed by atoms with Crippen molar-refractivity contribution < 1.29 is 17.6 Å². The Bertz CT molecular complexity index is 612. The summed E-state index contributed by atoms with van der Waals surface area (Å²) in [4.78, 5) is 0. The second kappa shape index (κ2) is 8.25. The molecular formula is C14H8F4N4. The zero-order valence-corrected chi connectivity index (χ0v) is 11.5. The number of nitrogens with zero attached hydrogens (tertiary/aromatic N) is 4. The van der Waals surface area contributed by atoms with E-state index in [0.29, 0.717) is 0 Å². The lowest BCUT2D eigenvalue weighted by Gasteiger charge is -2.12. The molecule has 22 heavy (non-hydrogen) atoms. The van der Waals surface area contributed by atoms with E-state index in [-0.39, 0.29) is 0 Å². The number of hydrogen-bond acceptors (Lipinski definition) is 4. The van der Waals surface area contributed by atoms with Crippen molar-refractivity contribution in [2.24, 2.45) is 0 Å². The maximum atomic E-state index is 13.7. The Hall–Kier alpha value is -3.10. The normalized spacial score (nSPS) is 9.09. The maximum Gasteiger partial charge on any atom is 0.167 e. The third-order valence-electron chi connectivity index (χ3n) is 2.43. The third kappa shape index (κ3) is 3.14. The van der Waals surface area contributed by atoms with E-state index in [1.807, 2.05) is 13.8 Å². The maximum absolute atomic E-state index is 13.7. The van der Waals surface area contributed by atoms with Gasteiger partial charge in [0.15, 0.2) is 35.1 Å². The fourth-order valence-electron chi connectivity index (χ4n) is 1.49. The molecule has 1 aromatic rings. The highest BCUT2D eigenvalue weighted by Gasteiger charge is 2.33. The molecule has 1 aromatic carbocycles. The lowest BCUT2D eigenvalue weighted by molar-refractivity contribution is 0.427. The van der Waals surface area contributed by atoms with Crippen molar-refractivity contribution in [2.75, 3.05) is 0 Å². The molecule has 0 amide bonds. The van der Waals surface area contributed by atoms with Crippen LogP contribution in [-0.2, 0) is 0 Å². The summed E-state index contributed by atoms with van der Waals surface area (Å²) in [7, 11) is 0. The summed E-state index contributed by atoms with van der Waals surface area (Å²) >= 11 is 0. The first-order chi connectivity index (χ1) is 10.4. The fourth-order valence-corrected chi connectivity index (χ4v) is 1.49. The van der Waals surface area contributed by atoms with E-state index in [1.54, 1.807) is 0 Å². The van der Waals surface area contributed by atoms with Gasteiger partial charge in [0.25, 0.3) is 0 Å². The van der Waals surface area contributed by atoms with Gasteiger partial charge in [0, 0.05) is 0 Å². The van der Waals surface area contributed by atoms with Gasteiger partial charge in [-0.15, -0.1) is 0 Å². The van der Waals surface area contributed by atoms with Crippen molar-refractivity contribution in [1.29, 1.82) is 21.0 Å². The van der Waals surface area contributed by atoms with Crippen LogP contribution in [-0.4, -0.2) is 0 Å². The molecule has 0 saturated heterocycles. The molecule has 0 atom stereocenters. The van der Waals surface area contributed by atoms with Crippen LogP contribution in [0.2, 0.25) is 0 Å². The zero-order chi connectivity index (χ0) is 17.4. The second-order valence-corrected chi connectivity index (χ2v) is 3.47. The summed E-state index contributed by atoms with van der Waals surface area (Å²) in [6.07, 6.45) is 0. The Kier molecular flexibility index (Phi) is 7.08. The van der Waals surface area contributed by atoms with Gasteiger partial charge in [-0.1, -0.05) is 13.8 Å². The Morgan fingerprint density at radius 2 is 0.773 bits per heavy atom. The van der Waals surface area contributed by atoms with Crippen LogP contribution in [0.25, 0.3) is 0 Å². The van der Waals surface area contributed by atoms with Gasteiger partial charge in [-0.2, -0.15) is 21.0 Å². The van der Waals surface area contributed by atoms with E-state index in [1.165, 1.54) is 24.3 Å². The van der Waals surface area contributed by atoms with Gasteiger partial charge in [-0.25, -0.2) is 17.6 Å². The summed E-state index contributed by atoms with van der Waals surface area (Å²) in [5.41, 5.74) is -2.77. The van der Waals surface area contributed by atoms with Gasteiger partial charge in [-0.3, -0.25) is 0 Å². The van der Waals surface area contributed by atoms with E-state index in [4.69, 9.17) is 21.0 Å². The van der Waals surface area contributed by atoms with Crippen molar-refractivity contribution in [3.8, 4) is 24.3 Å². The largest absolute Gasteiger partial charge is 0.203 e. The number of rotatable bonds is 2. The molecule has 8 heteroatoms. The van der Waals surface area contributed by atoms with Crippen molar-refractivity contribution in [3.63, 3.8) is 0 Å². The van der Waals surface area contributed by atoms with Crippen LogP contribution in [0.5, 0.6) is 0 Å². The molecule has 0 fully saturated rings. The van der Waals surface area contributed by atoms with Crippen molar-refractivity contribution in [1.82, 2.24) is 0 Å². The molecule has 0 aliphatic carbocycles. The van der Waals surface area contributed by atoms with Gasteiger partial charge in [0.1, 0.15) is 0 Å². The molecule has 0 aliphatic heterocycles. The van der Waals surface area contributed by atoms with Crippen LogP contribution in [0, 0.1) is 68.6 Å². The molecule has 112 valence electrons. The third-order valence-corrected chi connectivity index (χ3v) is 2.43. The van der Waals surface area contributed by atoms with Gasteiger partial charge in [0.2, 0.25) is 0 Å². The predicted molar refractivity (Wildman–Crippen MR) is 65.6 cm³/mol. The monoisotopic (exact) mass is 308 g/mol. The van der Waals surface area contributed by atoms with Gasteiger partial charge < -0.3 is 0 Å². The standard InChI is InChI=1S/C12H2F4N4.C2H6/c13-9-7(5(1-17)2-18)10(14)12(16)8(11(9)15)6(3-19)4-20;1-2/h5-6H;1-2H3. The minimum atomic E-state index is -2.06. The average molecular weight is 308 g/mol. The first-order valence-corrected chi connectivity index (χ1v) is 5.88. The van der Waals surface area contributed by atoms with Crippen molar-refractivity contribution >= 4 is 0 Å². The molecule has 0 radical (unpaired) electrons. The number of nitriles is 4. The van der Waals surface area contributed by atoms with E-state index in [9.17, 15) is 17.6 Å². The molecule has 4 nitrogen and oxygen atoms in total. The predicted octanol–water partition coefficient (Wildman–Crippen LogP) is 3.53. The highest BCUT2D eigenvalue weighted by Crippen LogP contribution is 2.32. The summed E-state index contributed by atoms with van der Waals surface area (Å²) in [6, 6.07) is 4.71. The first kappa shape index (κ1) is 18.9. The number of hydrogen-bond donors (Lipinski definition) is 0.